The number of nitrogens with zero attached hydrogens (tertiary/aromatic N) is 6. The van der Waals surface area contributed by atoms with Gasteiger partial charge in [-0.2, -0.15) is 15.0 Å². The predicted molar refractivity (Wildman–Crippen MR) is 122 cm³/mol. The lowest BCUT2D eigenvalue weighted by Crippen LogP contribution is -2.47. The summed E-state index contributed by atoms with van der Waals surface area (Å²) in [6.07, 6.45) is 1.51. The molecule has 1 amide bonds. The number of anilines is 4. The normalized spacial score (nSPS) is 14.2. The molecular weight excluding hydrogens is 408 g/mol. The van der Waals surface area contributed by atoms with Crippen LogP contribution in [0.3, 0.4) is 0 Å². The number of rotatable bonds is 7. The third-order valence-corrected chi connectivity index (χ3v) is 5.10. The number of aliphatic hydroxyl groups excluding tert-OH is 1. The average molecular weight is 435 g/mol. The van der Waals surface area contributed by atoms with Crippen LogP contribution in [0.5, 0.6) is 0 Å². The molecule has 4 rings (SSSR count). The van der Waals surface area contributed by atoms with E-state index in [0.717, 1.165) is 31.9 Å². The molecule has 3 heterocycles. The Labute approximate surface area is 186 Å². The highest BCUT2D eigenvalue weighted by molar-refractivity contribution is 6.04. The van der Waals surface area contributed by atoms with Crippen molar-refractivity contribution in [2.75, 3.05) is 54.9 Å². The van der Waals surface area contributed by atoms with Crippen molar-refractivity contribution >= 4 is 29.3 Å². The van der Waals surface area contributed by atoms with Gasteiger partial charge in [-0.15, -0.1) is 0 Å². The molecule has 0 spiro atoms. The van der Waals surface area contributed by atoms with Crippen LogP contribution in [0, 0.1) is 6.92 Å². The largest absolute Gasteiger partial charge is 0.395 e. The number of para-hydroxylation sites is 1. The Morgan fingerprint density at radius 2 is 1.81 bits per heavy atom. The Balaban J connectivity index is 1.40. The summed E-state index contributed by atoms with van der Waals surface area (Å²) in [7, 11) is 0. The van der Waals surface area contributed by atoms with E-state index in [1.807, 2.05) is 37.3 Å². The molecule has 0 saturated carbocycles. The summed E-state index contributed by atoms with van der Waals surface area (Å²) in [5.74, 6) is 1.93. The molecule has 1 aromatic carbocycles. The van der Waals surface area contributed by atoms with Crippen LogP contribution in [0.25, 0.3) is 0 Å². The second-order valence-electron chi connectivity index (χ2n) is 7.44. The lowest BCUT2D eigenvalue weighted by molar-refractivity contribution is 0.102. The molecule has 0 radical (unpaired) electrons. The van der Waals surface area contributed by atoms with Gasteiger partial charge in [0, 0.05) is 44.6 Å². The first-order valence-corrected chi connectivity index (χ1v) is 10.5. The molecule has 0 aliphatic carbocycles. The van der Waals surface area contributed by atoms with Crippen LogP contribution in [-0.2, 0) is 0 Å². The number of amides is 1. The molecule has 32 heavy (non-hydrogen) atoms. The molecule has 1 fully saturated rings. The van der Waals surface area contributed by atoms with Crippen molar-refractivity contribution in [1.29, 1.82) is 0 Å². The second-order valence-corrected chi connectivity index (χ2v) is 7.44. The fraction of sp³-hybridized carbons (Fsp3) is 0.318. The van der Waals surface area contributed by atoms with Crippen LogP contribution in [0.15, 0.2) is 48.7 Å². The fourth-order valence-corrected chi connectivity index (χ4v) is 3.42. The van der Waals surface area contributed by atoms with E-state index in [9.17, 15) is 4.79 Å². The van der Waals surface area contributed by atoms with Gasteiger partial charge in [-0.3, -0.25) is 9.69 Å². The molecule has 2 aromatic heterocycles. The van der Waals surface area contributed by atoms with Crippen LogP contribution in [-0.4, -0.2) is 75.2 Å². The van der Waals surface area contributed by atoms with Gasteiger partial charge in [-0.25, -0.2) is 4.98 Å². The number of piperazine rings is 1. The van der Waals surface area contributed by atoms with E-state index in [0.29, 0.717) is 35.6 Å². The topological polar surface area (TPSA) is 119 Å². The van der Waals surface area contributed by atoms with Gasteiger partial charge in [-0.05, 0) is 31.2 Å². The van der Waals surface area contributed by atoms with E-state index >= 15 is 0 Å². The smallest absolute Gasteiger partial charge is 0.257 e. The first kappa shape index (κ1) is 21.6. The van der Waals surface area contributed by atoms with E-state index in [1.54, 1.807) is 12.1 Å². The number of aliphatic hydroxyl groups is 1. The SMILES string of the molecule is Cc1nc(Nc2ccc(C(=O)Nc3ccccc3)cn2)nc(N2CCN(CCO)CC2)n1. The third kappa shape index (κ3) is 5.54. The zero-order valence-corrected chi connectivity index (χ0v) is 17.9. The summed E-state index contributed by atoms with van der Waals surface area (Å²) in [6.45, 7) is 5.94. The maximum Gasteiger partial charge on any atom is 0.257 e. The van der Waals surface area contributed by atoms with Crippen molar-refractivity contribution in [3.8, 4) is 0 Å². The van der Waals surface area contributed by atoms with E-state index in [1.165, 1.54) is 6.20 Å². The summed E-state index contributed by atoms with van der Waals surface area (Å²) in [5, 5.41) is 15.0. The molecular formula is C22H26N8O2. The van der Waals surface area contributed by atoms with Crippen LogP contribution in [0.4, 0.5) is 23.4 Å². The molecule has 3 aromatic rings. The van der Waals surface area contributed by atoms with Gasteiger partial charge in [0.2, 0.25) is 11.9 Å². The van der Waals surface area contributed by atoms with Crippen LogP contribution in [0.1, 0.15) is 16.2 Å². The van der Waals surface area contributed by atoms with Gasteiger partial charge in [0.05, 0.1) is 12.2 Å². The van der Waals surface area contributed by atoms with Crippen molar-refractivity contribution in [1.82, 2.24) is 24.8 Å². The Morgan fingerprint density at radius 1 is 1.03 bits per heavy atom. The summed E-state index contributed by atoms with van der Waals surface area (Å²) in [6, 6.07) is 12.7. The predicted octanol–water partition coefficient (Wildman–Crippen LogP) is 1.69. The summed E-state index contributed by atoms with van der Waals surface area (Å²) < 4.78 is 0. The molecule has 0 unspecified atom stereocenters. The molecule has 10 nitrogen and oxygen atoms in total. The minimum Gasteiger partial charge on any atom is -0.395 e. The Bertz CT molecular complexity index is 1040. The first-order chi connectivity index (χ1) is 15.6. The van der Waals surface area contributed by atoms with Crippen molar-refractivity contribution in [2.45, 2.75) is 6.92 Å². The number of hydrogen-bond donors (Lipinski definition) is 3. The summed E-state index contributed by atoms with van der Waals surface area (Å²) in [4.78, 5) is 34.4. The Hall–Kier alpha value is -3.63. The molecule has 1 aliphatic rings. The highest BCUT2D eigenvalue weighted by atomic mass is 16.3. The Morgan fingerprint density at radius 3 is 2.50 bits per heavy atom. The molecule has 1 saturated heterocycles. The highest BCUT2D eigenvalue weighted by Crippen LogP contribution is 2.17. The number of carbonyl (C=O) groups excluding carboxylic acids is 1. The van der Waals surface area contributed by atoms with Crippen LogP contribution >= 0.6 is 0 Å². The van der Waals surface area contributed by atoms with Crippen molar-refractivity contribution in [2.24, 2.45) is 0 Å². The standard InChI is InChI=1S/C22H26N8O2/c1-16-24-21(28-22(25-16)30-11-9-29(10-12-30)13-14-31)27-19-8-7-17(15-23-19)20(32)26-18-5-3-2-4-6-18/h2-8,15,31H,9-14H2,1H3,(H,26,32)(H,23,24,25,27,28). The van der Waals surface area contributed by atoms with Gasteiger partial charge in [-0.1, -0.05) is 18.2 Å². The zero-order chi connectivity index (χ0) is 22.3. The molecule has 0 atom stereocenters. The molecule has 166 valence electrons. The lowest BCUT2D eigenvalue weighted by atomic mass is 10.2. The molecule has 1 aliphatic heterocycles. The number of aryl methyl sites for hydroxylation is 1. The lowest BCUT2D eigenvalue weighted by Gasteiger charge is -2.34. The van der Waals surface area contributed by atoms with Crippen LogP contribution in [0.2, 0.25) is 0 Å². The number of β-amino-alcohol motifs (C(OH)–C–C–N with tert-alkyl or cyclic N) is 1. The van der Waals surface area contributed by atoms with Gasteiger partial charge in [0.1, 0.15) is 11.6 Å². The maximum atomic E-state index is 12.4. The van der Waals surface area contributed by atoms with Gasteiger partial charge in [0.25, 0.3) is 5.91 Å². The number of nitrogens with one attached hydrogen (secondary N) is 2. The number of benzene rings is 1. The Kier molecular flexibility index (Phi) is 6.83. The number of hydrogen-bond acceptors (Lipinski definition) is 9. The van der Waals surface area contributed by atoms with Gasteiger partial charge >= 0.3 is 0 Å². The quantitative estimate of drug-likeness (QED) is 0.510. The number of pyridine rings is 1. The van der Waals surface area contributed by atoms with E-state index < -0.39 is 0 Å². The van der Waals surface area contributed by atoms with Crippen LogP contribution < -0.4 is 15.5 Å². The monoisotopic (exact) mass is 434 g/mol. The van der Waals surface area contributed by atoms with Crippen molar-refractivity contribution < 1.29 is 9.90 Å². The second kappa shape index (κ2) is 10.1. The zero-order valence-electron chi connectivity index (χ0n) is 17.9. The van der Waals surface area contributed by atoms with E-state index in [4.69, 9.17) is 5.11 Å². The maximum absolute atomic E-state index is 12.4. The number of aromatic nitrogens is 4. The van der Waals surface area contributed by atoms with E-state index in [2.05, 4.69) is 40.4 Å². The molecule has 0 bridgehead atoms. The fourth-order valence-electron chi connectivity index (χ4n) is 3.42. The third-order valence-electron chi connectivity index (χ3n) is 5.10. The summed E-state index contributed by atoms with van der Waals surface area (Å²) >= 11 is 0. The molecule has 3 N–H and O–H groups in total. The van der Waals surface area contributed by atoms with Crippen molar-refractivity contribution in [3.63, 3.8) is 0 Å². The highest BCUT2D eigenvalue weighted by Gasteiger charge is 2.19. The van der Waals surface area contributed by atoms with Gasteiger partial charge in [0.15, 0.2) is 0 Å². The summed E-state index contributed by atoms with van der Waals surface area (Å²) in [5.41, 5.74) is 1.18. The van der Waals surface area contributed by atoms with E-state index in [-0.39, 0.29) is 12.5 Å². The number of carbonyl (C=O) groups is 1. The minimum atomic E-state index is -0.228. The van der Waals surface area contributed by atoms with Crippen molar-refractivity contribution in [3.05, 3.63) is 60.0 Å². The molecule has 10 heteroatoms. The minimum absolute atomic E-state index is 0.165. The first-order valence-electron chi connectivity index (χ1n) is 10.5. The average Bonchev–Trinajstić information content (AvgIpc) is 2.80. The van der Waals surface area contributed by atoms with Gasteiger partial charge < -0.3 is 20.6 Å².